The number of nitrogens with one attached hydrogen (secondary N) is 1. The lowest BCUT2D eigenvalue weighted by atomic mass is 9.98. The quantitative estimate of drug-likeness (QED) is 0.789. The number of anilines is 1. The number of nitrogens with zero attached hydrogens (tertiary/aromatic N) is 1. The van der Waals surface area contributed by atoms with Crippen molar-refractivity contribution in [1.29, 1.82) is 0 Å². The number of halogens is 1. The van der Waals surface area contributed by atoms with E-state index in [9.17, 15) is 4.79 Å². The standard InChI is InChI=1S/C11H11ClN2O2/c1-5-3-8(11(15)16)14-10-6(2)7(12)4-13-9(5)10/h3-5,14H,1-2H3,(H,15,16). The summed E-state index contributed by atoms with van der Waals surface area (Å²) in [6.07, 6.45) is 3.23. The number of aromatic nitrogens is 1. The minimum atomic E-state index is -0.975. The van der Waals surface area contributed by atoms with Gasteiger partial charge in [-0.25, -0.2) is 4.79 Å². The van der Waals surface area contributed by atoms with Crippen molar-refractivity contribution in [2.75, 3.05) is 5.32 Å². The second-order valence-electron chi connectivity index (χ2n) is 3.79. The van der Waals surface area contributed by atoms with E-state index < -0.39 is 5.97 Å². The van der Waals surface area contributed by atoms with Crippen LogP contribution in [0, 0.1) is 6.92 Å². The number of carbonyl (C=O) groups is 1. The van der Waals surface area contributed by atoms with Gasteiger partial charge < -0.3 is 10.4 Å². The molecule has 2 N–H and O–H groups in total. The summed E-state index contributed by atoms with van der Waals surface area (Å²) in [6.45, 7) is 3.75. The Kier molecular flexibility index (Phi) is 2.59. The Morgan fingerprint density at radius 3 is 2.94 bits per heavy atom. The lowest BCUT2D eigenvalue weighted by molar-refractivity contribution is -0.132. The molecule has 0 saturated carbocycles. The number of fused-ring (bicyclic) bond motifs is 1. The number of aliphatic carboxylic acids is 1. The Morgan fingerprint density at radius 2 is 2.31 bits per heavy atom. The number of hydrogen-bond donors (Lipinski definition) is 2. The van der Waals surface area contributed by atoms with Crippen LogP contribution in [0.3, 0.4) is 0 Å². The Morgan fingerprint density at radius 1 is 1.62 bits per heavy atom. The maximum absolute atomic E-state index is 10.9. The molecule has 0 radical (unpaired) electrons. The van der Waals surface area contributed by atoms with E-state index in [-0.39, 0.29) is 11.6 Å². The lowest BCUT2D eigenvalue weighted by Gasteiger charge is -2.22. The van der Waals surface area contributed by atoms with Gasteiger partial charge in [-0.3, -0.25) is 4.98 Å². The third kappa shape index (κ3) is 1.65. The monoisotopic (exact) mass is 238 g/mol. The summed E-state index contributed by atoms with van der Waals surface area (Å²) in [4.78, 5) is 15.1. The van der Waals surface area contributed by atoms with Crippen LogP contribution < -0.4 is 5.32 Å². The van der Waals surface area contributed by atoms with Crippen molar-refractivity contribution >= 4 is 23.3 Å². The number of pyridine rings is 1. The maximum atomic E-state index is 10.9. The Labute approximate surface area is 98.0 Å². The highest BCUT2D eigenvalue weighted by atomic mass is 35.5. The first-order chi connectivity index (χ1) is 7.50. The lowest BCUT2D eigenvalue weighted by Crippen LogP contribution is -2.19. The summed E-state index contributed by atoms with van der Waals surface area (Å²) in [6, 6.07) is 0. The van der Waals surface area contributed by atoms with E-state index in [1.807, 2.05) is 13.8 Å². The normalized spacial score (nSPS) is 18.4. The van der Waals surface area contributed by atoms with Gasteiger partial charge in [-0.2, -0.15) is 0 Å². The smallest absolute Gasteiger partial charge is 0.351 e. The van der Waals surface area contributed by atoms with Crippen LogP contribution in [0.4, 0.5) is 5.69 Å². The molecule has 2 heterocycles. The molecular weight excluding hydrogens is 228 g/mol. The van der Waals surface area contributed by atoms with E-state index in [0.717, 1.165) is 11.3 Å². The number of carboxylic acid groups (broad SMARTS) is 1. The van der Waals surface area contributed by atoms with Gasteiger partial charge in [-0.05, 0) is 18.6 Å². The number of allylic oxidation sites excluding steroid dienone is 1. The van der Waals surface area contributed by atoms with Crippen molar-refractivity contribution in [2.45, 2.75) is 19.8 Å². The zero-order valence-electron chi connectivity index (χ0n) is 8.91. The highest BCUT2D eigenvalue weighted by Crippen LogP contribution is 2.35. The fourth-order valence-corrected chi connectivity index (χ4v) is 1.88. The van der Waals surface area contributed by atoms with Gasteiger partial charge in [0.2, 0.25) is 0 Å². The van der Waals surface area contributed by atoms with Crippen LogP contribution in [-0.2, 0) is 4.79 Å². The molecule has 1 aromatic rings. The molecule has 0 amide bonds. The van der Waals surface area contributed by atoms with Gasteiger partial charge in [0.15, 0.2) is 0 Å². The van der Waals surface area contributed by atoms with E-state index in [4.69, 9.17) is 16.7 Å². The Hall–Kier alpha value is -1.55. The van der Waals surface area contributed by atoms with Gasteiger partial charge in [-0.1, -0.05) is 18.5 Å². The molecule has 5 heteroatoms. The highest BCUT2D eigenvalue weighted by Gasteiger charge is 2.23. The van der Waals surface area contributed by atoms with Crippen molar-refractivity contribution in [3.05, 3.63) is 34.2 Å². The Balaban J connectivity index is 2.54. The third-order valence-electron chi connectivity index (χ3n) is 2.64. The predicted octanol–water partition coefficient (Wildman–Crippen LogP) is 2.54. The molecule has 1 aliphatic heterocycles. The van der Waals surface area contributed by atoms with Crippen LogP contribution in [0.15, 0.2) is 18.0 Å². The molecule has 0 aliphatic carbocycles. The topological polar surface area (TPSA) is 62.2 Å². The summed E-state index contributed by atoms with van der Waals surface area (Å²) in [5.74, 6) is -1.00. The minimum Gasteiger partial charge on any atom is -0.477 e. The molecule has 2 rings (SSSR count). The summed E-state index contributed by atoms with van der Waals surface area (Å²) >= 11 is 5.95. The molecule has 1 atom stereocenters. The van der Waals surface area contributed by atoms with Crippen LogP contribution in [0.25, 0.3) is 0 Å². The third-order valence-corrected chi connectivity index (χ3v) is 3.03. The molecule has 0 bridgehead atoms. The molecule has 84 valence electrons. The highest BCUT2D eigenvalue weighted by molar-refractivity contribution is 6.31. The van der Waals surface area contributed by atoms with E-state index in [2.05, 4.69) is 10.3 Å². The first-order valence-corrected chi connectivity index (χ1v) is 5.25. The van der Waals surface area contributed by atoms with Crippen LogP contribution in [-0.4, -0.2) is 16.1 Å². The fraction of sp³-hybridized carbons (Fsp3) is 0.273. The van der Waals surface area contributed by atoms with Crippen molar-refractivity contribution in [1.82, 2.24) is 4.98 Å². The van der Waals surface area contributed by atoms with E-state index in [0.29, 0.717) is 10.7 Å². The van der Waals surface area contributed by atoms with Crippen molar-refractivity contribution in [3.8, 4) is 0 Å². The summed E-state index contributed by atoms with van der Waals surface area (Å²) < 4.78 is 0. The van der Waals surface area contributed by atoms with Crippen LogP contribution >= 0.6 is 11.6 Å². The Bertz CT molecular complexity index is 497. The summed E-state index contributed by atoms with van der Waals surface area (Å²) in [5, 5.41) is 12.3. The van der Waals surface area contributed by atoms with E-state index >= 15 is 0 Å². The van der Waals surface area contributed by atoms with Crippen molar-refractivity contribution < 1.29 is 9.90 Å². The molecule has 1 aliphatic rings. The second-order valence-corrected chi connectivity index (χ2v) is 4.20. The molecule has 0 saturated heterocycles. The van der Waals surface area contributed by atoms with Crippen molar-refractivity contribution in [2.24, 2.45) is 0 Å². The van der Waals surface area contributed by atoms with Gasteiger partial charge in [-0.15, -0.1) is 0 Å². The van der Waals surface area contributed by atoms with Gasteiger partial charge in [0.25, 0.3) is 0 Å². The largest absolute Gasteiger partial charge is 0.477 e. The number of carboxylic acids is 1. The molecule has 0 spiro atoms. The molecule has 1 aromatic heterocycles. The van der Waals surface area contributed by atoms with Gasteiger partial charge >= 0.3 is 5.97 Å². The first kappa shape index (κ1) is 11.0. The summed E-state index contributed by atoms with van der Waals surface area (Å²) in [7, 11) is 0. The molecule has 0 fully saturated rings. The van der Waals surface area contributed by atoms with Gasteiger partial charge in [0, 0.05) is 12.1 Å². The first-order valence-electron chi connectivity index (χ1n) is 4.88. The van der Waals surface area contributed by atoms with Gasteiger partial charge in [0.1, 0.15) is 5.70 Å². The zero-order chi connectivity index (χ0) is 11.9. The maximum Gasteiger partial charge on any atom is 0.351 e. The fourth-order valence-electron chi connectivity index (χ4n) is 1.73. The van der Waals surface area contributed by atoms with Gasteiger partial charge in [0.05, 0.1) is 16.4 Å². The predicted molar refractivity (Wildman–Crippen MR) is 61.7 cm³/mol. The van der Waals surface area contributed by atoms with Crippen LogP contribution in [0.1, 0.15) is 24.1 Å². The van der Waals surface area contributed by atoms with Crippen molar-refractivity contribution in [3.63, 3.8) is 0 Å². The molecule has 0 aromatic carbocycles. The van der Waals surface area contributed by atoms with E-state index in [1.54, 1.807) is 12.3 Å². The zero-order valence-corrected chi connectivity index (χ0v) is 9.67. The molecule has 1 unspecified atom stereocenters. The summed E-state index contributed by atoms with van der Waals surface area (Å²) in [5.41, 5.74) is 2.53. The van der Waals surface area contributed by atoms with Crippen LogP contribution in [0.2, 0.25) is 5.02 Å². The molecule has 16 heavy (non-hydrogen) atoms. The SMILES string of the molecule is Cc1c(Cl)cnc2c1NC(C(=O)O)=CC2C. The molecular formula is C11H11ClN2O2. The van der Waals surface area contributed by atoms with Crippen LogP contribution in [0.5, 0.6) is 0 Å². The molecule has 4 nitrogen and oxygen atoms in total. The van der Waals surface area contributed by atoms with E-state index in [1.165, 1.54) is 0 Å². The average molecular weight is 239 g/mol. The number of hydrogen-bond acceptors (Lipinski definition) is 3. The second kappa shape index (κ2) is 3.79. The number of rotatable bonds is 1. The minimum absolute atomic E-state index is 0.0293. The average Bonchev–Trinajstić information content (AvgIpc) is 2.23.